The minimum absolute atomic E-state index is 0.271. The molecule has 2 unspecified atom stereocenters. The van der Waals surface area contributed by atoms with Crippen LogP contribution in [-0.2, 0) is 11.3 Å². The molecule has 0 spiro atoms. The normalized spacial score (nSPS) is 21.9. The fourth-order valence-corrected chi connectivity index (χ4v) is 3.22. The van der Waals surface area contributed by atoms with E-state index in [1.165, 1.54) is 0 Å². The van der Waals surface area contributed by atoms with Crippen molar-refractivity contribution in [2.75, 3.05) is 26.3 Å². The van der Waals surface area contributed by atoms with Crippen LogP contribution in [0.1, 0.15) is 32.8 Å². The summed E-state index contributed by atoms with van der Waals surface area (Å²) in [4.78, 5) is 13.5. The zero-order valence-corrected chi connectivity index (χ0v) is 14.2. The largest absolute Gasteiger partial charge is 0.490 e. The van der Waals surface area contributed by atoms with Crippen molar-refractivity contribution in [1.82, 2.24) is 4.90 Å². The second-order valence-corrected chi connectivity index (χ2v) is 6.22. The molecule has 23 heavy (non-hydrogen) atoms. The molecule has 2 atom stereocenters. The summed E-state index contributed by atoms with van der Waals surface area (Å²) in [5, 5.41) is 9.29. The molecule has 0 aliphatic carbocycles. The Balaban J connectivity index is 2.09. The lowest BCUT2D eigenvalue weighted by Crippen LogP contribution is -2.41. The number of carboxylic acid groups (broad SMARTS) is 1. The van der Waals surface area contributed by atoms with Crippen LogP contribution in [0.5, 0.6) is 11.5 Å². The fourth-order valence-electron chi connectivity index (χ4n) is 3.22. The molecule has 0 aromatic heterocycles. The zero-order valence-electron chi connectivity index (χ0n) is 14.2. The number of likely N-dealkylation sites (tertiary alicyclic amines) is 1. The number of carbonyl (C=O) groups is 1. The van der Waals surface area contributed by atoms with E-state index in [1.54, 1.807) is 0 Å². The summed E-state index contributed by atoms with van der Waals surface area (Å²) in [7, 11) is 0. The fraction of sp³-hybridized carbons (Fsp3) is 0.611. The van der Waals surface area contributed by atoms with Gasteiger partial charge in [-0.15, -0.1) is 0 Å². The highest BCUT2D eigenvalue weighted by Gasteiger charge is 2.29. The van der Waals surface area contributed by atoms with Gasteiger partial charge < -0.3 is 14.6 Å². The number of aliphatic carboxylic acids is 1. The van der Waals surface area contributed by atoms with Crippen molar-refractivity contribution in [3.8, 4) is 11.5 Å². The summed E-state index contributed by atoms with van der Waals surface area (Å²) in [5.74, 6) is 0.954. The van der Waals surface area contributed by atoms with Crippen LogP contribution in [0.15, 0.2) is 18.2 Å². The van der Waals surface area contributed by atoms with Crippen molar-refractivity contribution in [2.24, 2.45) is 11.8 Å². The van der Waals surface area contributed by atoms with Crippen LogP contribution in [0.3, 0.4) is 0 Å². The summed E-state index contributed by atoms with van der Waals surface area (Å²) in [6, 6.07) is 5.97. The van der Waals surface area contributed by atoms with Gasteiger partial charge in [-0.25, -0.2) is 0 Å². The van der Waals surface area contributed by atoms with Gasteiger partial charge in [-0.2, -0.15) is 0 Å². The number of ether oxygens (including phenoxy) is 2. The predicted molar refractivity (Wildman–Crippen MR) is 89.0 cm³/mol. The molecule has 128 valence electrons. The van der Waals surface area contributed by atoms with E-state index in [2.05, 4.69) is 11.8 Å². The molecule has 1 N–H and O–H groups in total. The number of rotatable bonds is 7. The van der Waals surface area contributed by atoms with Crippen LogP contribution in [0, 0.1) is 11.8 Å². The van der Waals surface area contributed by atoms with Crippen molar-refractivity contribution in [2.45, 2.75) is 33.7 Å². The number of nitrogens with zero attached hydrogens (tertiary/aromatic N) is 1. The van der Waals surface area contributed by atoms with E-state index in [0.717, 1.165) is 36.6 Å². The molecule has 0 bridgehead atoms. The van der Waals surface area contributed by atoms with Crippen molar-refractivity contribution >= 4 is 5.97 Å². The number of piperidine rings is 1. The van der Waals surface area contributed by atoms with Crippen LogP contribution < -0.4 is 9.47 Å². The molecule has 2 rings (SSSR count). The van der Waals surface area contributed by atoms with Gasteiger partial charge in [0.1, 0.15) is 0 Å². The maximum atomic E-state index is 11.3. The maximum Gasteiger partial charge on any atom is 0.307 e. The van der Waals surface area contributed by atoms with E-state index in [4.69, 9.17) is 9.47 Å². The van der Waals surface area contributed by atoms with Crippen LogP contribution in [0.2, 0.25) is 0 Å². The molecule has 1 fully saturated rings. The second-order valence-electron chi connectivity index (χ2n) is 6.22. The lowest BCUT2D eigenvalue weighted by molar-refractivity contribution is -0.144. The standard InChI is InChI=1S/C18H27NO4/c1-4-22-16-7-6-14(9-17(16)23-5-2)11-19-10-13(3)8-15(12-19)18(20)21/h6-7,9,13,15H,4-5,8,10-12H2,1-3H3,(H,20,21). The van der Waals surface area contributed by atoms with E-state index in [0.29, 0.717) is 25.7 Å². The van der Waals surface area contributed by atoms with E-state index in [1.807, 2.05) is 32.0 Å². The first-order valence-electron chi connectivity index (χ1n) is 8.37. The van der Waals surface area contributed by atoms with Gasteiger partial charge in [0.05, 0.1) is 19.1 Å². The Morgan fingerprint density at radius 2 is 1.91 bits per heavy atom. The van der Waals surface area contributed by atoms with Gasteiger partial charge >= 0.3 is 5.97 Å². The predicted octanol–water partition coefficient (Wildman–Crippen LogP) is 3.03. The summed E-state index contributed by atoms with van der Waals surface area (Å²) in [6.45, 7) is 9.48. The molecule has 0 saturated carbocycles. The number of carboxylic acids is 1. The molecular weight excluding hydrogens is 294 g/mol. The lowest BCUT2D eigenvalue weighted by atomic mass is 9.90. The number of benzene rings is 1. The van der Waals surface area contributed by atoms with Crippen LogP contribution >= 0.6 is 0 Å². The third-order valence-electron chi connectivity index (χ3n) is 4.10. The highest BCUT2D eigenvalue weighted by atomic mass is 16.5. The maximum absolute atomic E-state index is 11.3. The van der Waals surface area contributed by atoms with Gasteiger partial charge in [-0.05, 0) is 43.9 Å². The van der Waals surface area contributed by atoms with Gasteiger partial charge in [0, 0.05) is 19.6 Å². The molecule has 1 saturated heterocycles. The van der Waals surface area contributed by atoms with Crippen LogP contribution in [0.4, 0.5) is 0 Å². The molecule has 1 aliphatic rings. The summed E-state index contributed by atoms with van der Waals surface area (Å²) in [6.07, 6.45) is 0.763. The smallest absolute Gasteiger partial charge is 0.307 e. The lowest BCUT2D eigenvalue weighted by Gasteiger charge is -2.34. The molecule has 1 aromatic carbocycles. The summed E-state index contributed by atoms with van der Waals surface area (Å²) in [5.41, 5.74) is 1.12. The Bertz CT molecular complexity index is 532. The zero-order chi connectivity index (χ0) is 16.8. The SMILES string of the molecule is CCOc1ccc(CN2CC(C)CC(C(=O)O)C2)cc1OCC. The second kappa shape index (κ2) is 8.20. The van der Waals surface area contributed by atoms with Crippen molar-refractivity contribution in [3.05, 3.63) is 23.8 Å². The van der Waals surface area contributed by atoms with E-state index in [-0.39, 0.29) is 5.92 Å². The summed E-state index contributed by atoms with van der Waals surface area (Å²) < 4.78 is 11.2. The molecule has 5 nitrogen and oxygen atoms in total. The molecule has 5 heteroatoms. The first-order chi connectivity index (χ1) is 11.0. The van der Waals surface area contributed by atoms with Crippen LogP contribution in [0.25, 0.3) is 0 Å². The highest BCUT2D eigenvalue weighted by molar-refractivity contribution is 5.70. The first-order valence-corrected chi connectivity index (χ1v) is 8.37. The number of hydrogen-bond acceptors (Lipinski definition) is 4. The van der Waals surface area contributed by atoms with Crippen molar-refractivity contribution in [3.63, 3.8) is 0 Å². The average Bonchev–Trinajstić information content (AvgIpc) is 2.49. The highest BCUT2D eigenvalue weighted by Crippen LogP contribution is 2.30. The van der Waals surface area contributed by atoms with Gasteiger partial charge in [0.25, 0.3) is 0 Å². The molecule has 0 amide bonds. The Morgan fingerprint density at radius 3 is 2.57 bits per heavy atom. The van der Waals surface area contributed by atoms with Crippen molar-refractivity contribution in [1.29, 1.82) is 0 Å². The molecular formula is C18H27NO4. The Kier molecular flexibility index (Phi) is 6.28. The monoisotopic (exact) mass is 321 g/mol. The quantitative estimate of drug-likeness (QED) is 0.836. The Labute approximate surface area is 138 Å². The van der Waals surface area contributed by atoms with E-state index >= 15 is 0 Å². The minimum atomic E-state index is -0.691. The molecule has 1 heterocycles. The minimum Gasteiger partial charge on any atom is -0.490 e. The molecule has 1 aromatic rings. The Hall–Kier alpha value is -1.75. The van der Waals surface area contributed by atoms with Gasteiger partial charge in [0.2, 0.25) is 0 Å². The van der Waals surface area contributed by atoms with Gasteiger partial charge in [-0.3, -0.25) is 9.69 Å². The van der Waals surface area contributed by atoms with Gasteiger partial charge in [-0.1, -0.05) is 13.0 Å². The van der Waals surface area contributed by atoms with Gasteiger partial charge in [0.15, 0.2) is 11.5 Å². The van der Waals surface area contributed by atoms with E-state index in [9.17, 15) is 9.90 Å². The topological polar surface area (TPSA) is 59.0 Å². The van der Waals surface area contributed by atoms with Crippen LogP contribution in [-0.4, -0.2) is 42.3 Å². The summed E-state index contributed by atoms with van der Waals surface area (Å²) >= 11 is 0. The third kappa shape index (κ3) is 4.86. The molecule has 0 radical (unpaired) electrons. The first kappa shape index (κ1) is 17.6. The Morgan fingerprint density at radius 1 is 1.22 bits per heavy atom. The van der Waals surface area contributed by atoms with E-state index < -0.39 is 5.97 Å². The molecule has 1 aliphatic heterocycles. The van der Waals surface area contributed by atoms with Crippen molar-refractivity contribution < 1.29 is 19.4 Å². The third-order valence-corrected chi connectivity index (χ3v) is 4.10. The average molecular weight is 321 g/mol. The number of hydrogen-bond donors (Lipinski definition) is 1.